The molecule has 7 heteroatoms. The third-order valence-electron chi connectivity index (χ3n) is 2.89. The maximum atomic E-state index is 12.0. The Morgan fingerprint density at radius 2 is 2.22 bits per heavy atom. The minimum atomic E-state index is -3.10. The van der Waals surface area contributed by atoms with E-state index in [-0.39, 0.29) is 24.1 Å². The molecule has 1 unspecified atom stereocenters. The number of nitrogens with zero attached hydrogens (tertiary/aromatic N) is 1. The standard InChI is InChI=1S/C11H21NO5S/c1-16-6-3-10-9-17-7-5-12(10)11(13)4-8-18(2,14)15/h10H,3-9H2,1-2H3. The van der Waals surface area contributed by atoms with Crippen LogP contribution in [0, 0.1) is 0 Å². The molecule has 1 saturated heterocycles. The predicted octanol–water partition coefficient (Wildman–Crippen LogP) is -0.315. The molecule has 18 heavy (non-hydrogen) atoms. The third kappa shape index (κ3) is 5.32. The van der Waals surface area contributed by atoms with Crippen LogP contribution in [0.15, 0.2) is 0 Å². The van der Waals surface area contributed by atoms with Crippen LogP contribution in [0.4, 0.5) is 0 Å². The minimum Gasteiger partial charge on any atom is -0.385 e. The van der Waals surface area contributed by atoms with Gasteiger partial charge in [0.15, 0.2) is 0 Å². The average Bonchev–Trinajstić information content (AvgIpc) is 2.33. The number of carbonyl (C=O) groups is 1. The second kappa shape index (κ2) is 7.06. The molecule has 106 valence electrons. The van der Waals surface area contributed by atoms with Gasteiger partial charge < -0.3 is 14.4 Å². The van der Waals surface area contributed by atoms with Gasteiger partial charge in [0.05, 0.1) is 25.0 Å². The molecule has 1 rings (SSSR count). The van der Waals surface area contributed by atoms with Gasteiger partial charge in [-0.05, 0) is 6.42 Å². The van der Waals surface area contributed by atoms with Gasteiger partial charge in [-0.15, -0.1) is 0 Å². The third-order valence-corrected chi connectivity index (χ3v) is 3.84. The van der Waals surface area contributed by atoms with Gasteiger partial charge in [0.1, 0.15) is 9.84 Å². The van der Waals surface area contributed by atoms with Gasteiger partial charge in [0, 0.05) is 32.9 Å². The molecule has 0 saturated carbocycles. The predicted molar refractivity (Wildman–Crippen MR) is 67.1 cm³/mol. The van der Waals surface area contributed by atoms with Gasteiger partial charge in [0.25, 0.3) is 0 Å². The van der Waals surface area contributed by atoms with Crippen molar-refractivity contribution in [1.82, 2.24) is 4.90 Å². The van der Waals surface area contributed by atoms with Crippen molar-refractivity contribution < 1.29 is 22.7 Å². The SMILES string of the molecule is COCCC1COCCN1C(=O)CCS(C)(=O)=O. The maximum Gasteiger partial charge on any atom is 0.223 e. The Bertz CT molecular complexity index is 368. The second-order valence-corrected chi connectivity index (χ2v) is 6.74. The molecule has 0 aromatic heterocycles. The largest absolute Gasteiger partial charge is 0.385 e. The fourth-order valence-corrected chi connectivity index (χ4v) is 2.44. The van der Waals surface area contributed by atoms with Crippen LogP contribution in [0.3, 0.4) is 0 Å². The molecule has 0 bridgehead atoms. The van der Waals surface area contributed by atoms with Crippen LogP contribution in [0.2, 0.25) is 0 Å². The molecule has 0 spiro atoms. The van der Waals surface area contributed by atoms with Gasteiger partial charge >= 0.3 is 0 Å². The minimum absolute atomic E-state index is 0.00856. The van der Waals surface area contributed by atoms with Crippen LogP contribution in [-0.2, 0) is 24.1 Å². The molecular formula is C11H21NO5S. The molecule has 0 aromatic carbocycles. The molecule has 1 fully saturated rings. The Morgan fingerprint density at radius 3 is 2.83 bits per heavy atom. The van der Waals surface area contributed by atoms with E-state index in [1.807, 2.05) is 0 Å². The second-order valence-electron chi connectivity index (χ2n) is 4.48. The van der Waals surface area contributed by atoms with E-state index in [1.165, 1.54) is 0 Å². The number of sulfone groups is 1. The van der Waals surface area contributed by atoms with E-state index in [9.17, 15) is 13.2 Å². The summed E-state index contributed by atoms with van der Waals surface area (Å²) in [5, 5.41) is 0. The van der Waals surface area contributed by atoms with Crippen LogP contribution < -0.4 is 0 Å². The molecule has 1 aliphatic heterocycles. The van der Waals surface area contributed by atoms with Crippen molar-refractivity contribution in [2.24, 2.45) is 0 Å². The number of carbonyl (C=O) groups excluding carboxylic acids is 1. The molecule has 0 aromatic rings. The average molecular weight is 279 g/mol. The van der Waals surface area contributed by atoms with E-state index < -0.39 is 9.84 Å². The summed E-state index contributed by atoms with van der Waals surface area (Å²) in [4.78, 5) is 13.7. The van der Waals surface area contributed by atoms with E-state index in [2.05, 4.69) is 0 Å². The van der Waals surface area contributed by atoms with Crippen molar-refractivity contribution >= 4 is 15.7 Å². The summed E-state index contributed by atoms with van der Waals surface area (Å²) in [6.45, 7) is 2.09. The van der Waals surface area contributed by atoms with Gasteiger partial charge in [-0.3, -0.25) is 4.79 Å². The van der Waals surface area contributed by atoms with E-state index in [1.54, 1.807) is 12.0 Å². The number of methoxy groups -OCH3 is 1. The number of morpholine rings is 1. The lowest BCUT2D eigenvalue weighted by atomic mass is 10.1. The van der Waals surface area contributed by atoms with E-state index in [0.29, 0.717) is 32.8 Å². The smallest absolute Gasteiger partial charge is 0.223 e. The highest BCUT2D eigenvalue weighted by Gasteiger charge is 2.27. The van der Waals surface area contributed by atoms with Gasteiger partial charge in [-0.25, -0.2) is 8.42 Å². The Morgan fingerprint density at radius 1 is 1.50 bits per heavy atom. The number of amides is 1. The zero-order chi connectivity index (χ0) is 13.6. The summed E-state index contributed by atoms with van der Waals surface area (Å²) in [5.41, 5.74) is 0. The topological polar surface area (TPSA) is 72.9 Å². The lowest BCUT2D eigenvalue weighted by Gasteiger charge is -2.35. The normalized spacial score (nSPS) is 21.0. The molecule has 6 nitrogen and oxygen atoms in total. The summed E-state index contributed by atoms with van der Waals surface area (Å²) in [7, 11) is -1.49. The molecule has 1 heterocycles. The number of ether oxygens (including phenoxy) is 2. The van der Waals surface area contributed by atoms with Crippen molar-refractivity contribution in [3.8, 4) is 0 Å². The Labute approximate surface area is 108 Å². The first-order valence-electron chi connectivity index (χ1n) is 5.98. The van der Waals surface area contributed by atoms with Crippen LogP contribution in [-0.4, -0.2) is 70.8 Å². The van der Waals surface area contributed by atoms with Crippen LogP contribution in [0.5, 0.6) is 0 Å². The van der Waals surface area contributed by atoms with E-state index in [0.717, 1.165) is 6.26 Å². The summed E-state index contributed by atoms with van der Waals surface area (Å²) >= 11 is 0. The summed E-state index contributed by atoms with van der Waals surface area (Å²) < 4.78 is 32.4. The van der Waals surface area contributed by atoms with Gasteiger partial charge in [-0.1, -0.05) is 0 Å². The molecular weight excluding hydrogens is 258 g/mol. The Balaban J connectivity index is 2.51. The van der Waals surface area contributed by atoms with E-state index in [4.69, 9.17) is 9.47 Å². The first kappa shape index (κ1) is 15.4. The monoisotopic (exact) mass is 279 g/mol. The van der Waals surface area contributed by atoms with Crippen molar-refractivity contribution in [2.75, 3.05) is 45.5 Å². The zero-order valence-corrected chi connectivity index (χ0v) is 11.7. The number of hydrogen-bond acceptors (Lipinski definition) is 5. The van der Waals surface area contributed by atoms with Crippen LogP contribution in [0.25, 0.3) is 0 Å². The van der Waals surface area contributed by atoms with Crippen molar-refractivity contribution in [3.05, 3.63) is 0 Å². The molecule has 0 radical (unpaired) electrons. The highest BCUT2D eigenvalue weighted by molar-refractivity contribution is 7.90. The first-order valence-corrected chi connectivity index (χ1v) is 8.04. The van der Waals surface area contributed by atoms with Crippen molar-refractivity contribution in [3.63, 3.8) is 0 Å². The molecule has 1 aliphatic rings. The van der Waals surface area contributed by atoms with Crippen LogP contribution >= 0.6 is 0 Å². The highest BCUT2D eigenvalue weighted by atomic mass is 32.2. The van der Waals surface area contributed by atoms with Gasteiger partial charge in [0.2, 0.25) is 5.91 Å². The lowest BCUT2D eigenvalue weighted by molar-refractivity contribution is -0.140. The fourth-order valence-electron chi connectivity index (χ4n) is 1.89. The molecule has 0 N–H and O–H groups in total. The fraction of sp³-hybridized carbons (Fsp3) is 0.909. The summed E-state index contributed by atoms with van der Waals surface area (Å²) in [6, 6.07) is -0.00856. The number of rotatable bonds is 6. The highest BCUT2D eigenvalue weighted by Crippen LogP contribution is 2.12. The maximum absolute atomic E-state index is 12.0. The van der Waals surface area contributed by atoms with E-state index >= 15 is 0 Å². The first-order chi connectivity index (χ1) is 8.44. The molecule has 1 atom stereocenters. The number of hydrogen-bond donors (Lipinski definition) is 0. The van der Waals surface area contributed by atoms with Crippen molar-refractivity contribution in [1.29, 1.82) is 0 Å². The zero-order valence-electron chi connectivity index (χ0n) is 10.9. The molecule has 1 amide bonds. The Kier molecular flexibility index (Phi) is 6.04. The van der Waals surface area contributed by atoms with Crippen molar-refractivity contribution in [2.45, 2.75) is 18.9 Å². The molecule has 0 aliphatic carbocycles. The summed E-state index contributed by atoms with van der Waals surface area (Å²) in [6.07, 6.45) is 1.89. The summed E-state index contributed by atoms with van der Waals surface area (Å²) in [5.74, 6) is -0.218. The van der Waals surface area contributed by atoms with Crippen LogP contribution in [0.1, 0.15) is 12.8 Å². The Hall–Kier alpha value is -0.660. The quantitative estimate of drug-likeness (QED) is 0.666. The van der Waals surface area contributed by atoms with Gasteiger partial charge in [-0.2, -0.15) is 0 Å². The lowest BCUT2D eigenvalue weighted by Crippen LogP contribution is -2.49.